The lowest BCUT2D eigenvalue weighted by Gasteiger charge is -2.38. The van der Waals surface area contributed by atoms with Crippen LogP contribution in [-0.4, -0.2) is 35.7 Å². The Morgan fingerprint density at radius 1 is 1.25 bits per heavy atom. The van der Waals surface area contributed by atoms with Crippen LogP contribution in [0.25, 0.3) is 0 Å². The second-order valence-electron chi connectivity index (χ2n) is 6.44. The molecule has 150 valence electrons. The van der Waals surface area contributed by atoms with E-state index in [0.29, 0.717) is 11.3 Å². The minimum absolute atomic E-state index is 0.0518. The van der Waals surface area contributed by atoms with E-state index in [1.165, 1.54) is 6.07 Å². The van der Waals surface area contributed by atoms with Crippen molar-refractivity contribution < 1.29 is 27.8 Å². The third-order valence-electron chi connectivity index (χ3n) is 4.68. The average Bonchev–Trinajstić information content (AvgIpc) is 2.60. The number of methoxy groups -OCH3 is 1. The molecule has 0 saturated carbocycles. The summed E-state index contributed by atoms with van der Waals surface area (Å²) < 4.78 is 46.5. The number of carbonyl (C=O) groups excluding carboxylic acids is 1. The summed E-state index contributed by atoms with van der Waals surface area (Å²) in [5.41, 5.74) is 2.19. The van der Waals surface area contributed by atoms with Gasteiger partial charge in [0.1, 0.15) is 11.5 Å². The summed E-state index contributed by atoms with van der Waals surface area (Å²) in [6.45, 7) is -0.0518. The molecule has 2 aromatic carbocycles. The van der Waals surface area contributed by atoms with E-state index in [1.54, 1.807) is 19.2 Å². The molecule has 4 nitrogen and oxygen atoms in total. The Bertz CT molecular complexity index is 895. The summed E-state index contributed by atoms with van der Waals surface area (Å²) in [5, 5.41) is 9.72. The van der Waals surface area contributed by atoms with Gasteiger partial charge in [-0.25, -0.2) is 0 Å². The summed E-state index contributed by atoms with van der Waals surface area (Å²) in [4.78, 5) is 13.0. The van der Waals surface area contributed by atoms with Crippen molar-refractivity contribution >= 4 is 51.1 Å². The Labute approximate surface area is 187 Å². The Morgan fingerprint density at radius 2 is 1.89 bits per heavy atom. The molecular formula is C19H16F3I2NO3. The topological polar surface area (TPSA) is 49.8 Å². The summed E-state index contributed by atoms with van der Waals surface area (Å²) >= 11 is 4.24. The molecule has 1 unspecified atom stereocenters. The van der Waals surface area contributed by atoms with Crippen LogP contribution in [0.4, 0.5) is 13.2 Å². The van der Waals surface area contributed by atoms with Gasteiger partial charge in [-0.2, -0.15) is 13.2 Å². The molecular weight excluding hydrogens is 601 g/mol. The van der Waals surface area contributed by atoms with Crippen LogP contribution in [0.2, 0.25) is 0 Å². The number of hydrogen-bond acceptors (Lipinski definition) is 3. The van der Waals surface area contributed by atoms with E-state index < -0.39 is 18.1 Å². The first-order valence-electron chi connectivity index (χ1n) is 8.33. The molecule has 28 heavy (non-hydrogen) atoms. The van der Waals surface area contributed by atoms with Crippen LogP contribution in [0.15, 0.2) is 30.3 Å². The number of aromatic hydroxyl groups is 1. The molecule has 1 heterocycles. The van der Waals surface area contributed by atoms with E-state index in [9.17, 15) is 23.1 Å². The molecule has 2 aromatic rings. The van der Waals surface area contributed by atoms with Crippen molar-refractivity contribution in [2.45, 2.75) is 25.1 Å². The maximum absolute atomic E-state index is 13.2. The van der Waals surface area contributed by atoms with Gasteiger partial charge in [0.25, 0.3) is 0 Å². The highest BCUT2D eigenvalue weighted by molar-refractivity contribution is 14.1. The molecule has 1 aliphatic rings. The van der Waals surface area contributed by atoms with Crippen LogP contribution in [0, 0.1) is 7.14 Å². The number of fused-ring (bicyclic) bond motifs is 1. The lowest BCUT2D eigenvalue weighted by molar-refractivity contribution is -0.188. The monoisotopic (exact) mass is 617 g/mol. The highest BCUT2D eigenvalue weighted by atomic mass is 127. The van der Waals surface area contributed by atoms with Crippen molar-refractivity contribution in [3.63, 3.8) is 0 Å². The van der Waals surface area contributed by atoms with Crippen molar-refractivity contribution in [3.05, 3.63) is 54.2 Å². The largest absolute Gasteiger partial charge is 0.508 e. The van der Waals surface area contributed by atoms with Crippen LogP contribution in [0.3, 0.4) is 0 Å². The standard InChI is InChI=1S/C19H16F3I2NO3/c1-28-17-14(23)6-10(7-15(17)24)8-16-13-3-2-12(26)9-11(13)4-5-25(16)18(27)19(20,21)22/h2-3,6-7,9,16,26H,4-5,8H2,1H3. The maximum Gasteiger partial charge on any atom is 0.471 e. The molecule has 3 rings (SSSR count). The molecule has 0 fully saturated rings. The molecule has 0 bridgehead atoms. The zero-order chi connectivity index (χ0) is 20.6. The van der Waals surface area contributed by atoms with Crippen molar-refractivity contribution in [1.82, 2.24) is 4.90 Å². The van der Waals surface area contributed by atoms with Gasteiger partial charge in [-0.3, -0.25) is 4.79 Å². The van der Waals surface area contributed by atoms with Gasteiger partial charge in [0.05, 0.1) is 20.3 Å². The number of nitrogens with zero attached hydrogens (tertiary/aromatic N) is 1. The lowest BCUT2D eigenvalue weighted by atomic mass is 9.88. The number of amides is 1. The van der Waals surface area contributed by atoms with E-state index in [2.05, 4.69) is 45.2 Å². The zero-order valence-electron chi connectivity index (χ0n) is 14.7. The van der Waals surface area contributed by atoms with Gasteiger partial charge in [0.15, 0.2) is 0 Å². The fraction of sp³-hybridized carbons (Fsp3) is 0.316. The van der Waals surface area contributed by atoms with Gasteiger partial charge < -0.3 is 14.7 Å². The number of hydrogen-bond donors (Lipinski definition) is 1. The molecule has 0 saturated heterocycles. The van der Waals surface area contributed by atoms with E-state index in [0.717, 1.165) is 23.2 Å². The third-order valence-corrected chi connectivity index (χ3v) is 6.28. The predicted octanol–water partition coefficient (Wildman–Crippen LogP) is 4.84. The van der Waals surface area contributed by atoms with Gasteiger partial charge in [-0.05, 0) is 99.0 Å². The van der Waals surface area contributed by atoms with Crippen molar-refractivity contribution in [1.29, 1.82) is 0 Å². The van der Waals surface area contributed by atoms with Gasteiger partial charge in [-0.1, -0.05) is 6.07 Å². The van der Waals surface area contributed by atoms with E-state index in [1.807, 2.05) is 12.1 Å². The first-order valence-corrected chi connectivity index (χ1v) is 10.5. The number of rotatable bonds is 3. The number of benzene rings is 2. The molecule has 0 aromatic heterocycles. The Hall–Kier alpha value is -1.24. The van der Waals surface area contributed by atoms with Gasteiger partial charge in [-0.15, -0.1) is 0 Å². The molecule has 1 N–H and O–H groups in total. The molecule has 0 radical (unpaired) electrons. The number of halogens is 5. The molecule has 1 amide bonds. The van der Waals surface area contributed by atoms with Gasteiger partial charge >= 0.3 is 12.1 Å². The van der Waals surface area contributed by atoms with Crippen LogP contribution in [0.1, 0.15) is 22.7 Å². The SMILES string of the molecule is COc1c(I)cc(CC2c3ccc(O)cc3CCN2C(=O)C(F)(F)F)cc1I. The van der Waals surface area contributed by atoms with E-state index >= 15 is 0 Å². The fourth-order valence-corrected chi connectivity index (χ4v) is 5.81. The summed E-state index contributed by atoms with van der Waals surface area (Å²) in [6.07, 6.45) is -4.44. The second-order valence-corrected chi connectivity index (χ2v) is 8.77. The van der Waals surface area contributed by atoms with Crippen molar-refractivity contribution in [2.75, 3.05) is 13.7 Å². The summed E-state index contributed by atoms with van der Waals surface area (Å²) in [6, 6.07) is 7.54. The molecule has 0 spiro atoms. The Balaban J connectivity index is 2.04. The number of alkyl halides is 3. The first-order chi connectivity index (χ1) is 13.1. The van der Waals surface area contributed by atoms with Crippen molar-refractivity contribution in [2.24, 2.45) is 0 Å². The van der Waals surface area contributed by atoms with E-state index in [4.69, 9.17) is 4.74 Å². The summed E-state index contributed by atoms with van der Waals surface area (Å²) in [7, 11) is 1.56. The van der Waals surface area contributed by atoms with Crippen LogP contribution in [0.5, 0.6) is 11.5 Å². The third kappa shape index (κ3) is 4.34. The molecule has 1 atom stereocenters. The van der Waals surface area contributed by atoms with Crippen molar-refractivity contribution in [3.8, 4) is 11.5 Å². The van der Waals surface area contributed by atoms with Crippen LogP contribution >= 0.6 is 45.2 Å². The first kappa shape index (κ1) is 21.5. The number of ether oxygens (including phenoxy) is 1. The van der Waals surface area contributed by atoms with Gasteiger partial charge in [0.2, 0.25) is 0 Å². The minimum atomic E-state index is -4.94. The quantitative estimate of drug-likeness (QED) is 0.502. The lowest BCUT2D eigenvalue weighted by Crippen LogP contribution is -2.47. The van der Waals surface area contributed by atoms with Crippen LogP contribution in [-0.2, 0) is 17.6 Å². The smallest absolute Gasteiger partial charge is 0.471 e. The molecule has 9 heteroatoms. The fourth-order valence-electron chi connectivity index (χ4n) is 3.47. The normalized spacial score (nSPS) is 16.6. The Kier molecular flexibility index (Phi) is 6.32. The average molecular weight is 617 g/mol. The second kappa shape index (κ2) is 8.25. The zero-order valence-corrected chi connectivity index (χ0v) is 19.0. The highest BCUT2D eigenvalue weighted by Gasteiger charge is 2.46. The van der Waals surface area contributed by atoms with E-state index in [-0.39, 0.29) is 25.1 Å². The number of carbonyl (C=O) groups is 1. The summed E-state index contributed by atoms with van der Waals surface area (Å²) in [5.74, 6) is -1.07. The van der Waals surface area contributed by atoms with Gasteiger partial charge in [0, 0.05) is 6.54 Å². The maximum atomic E-state index is 13.2. The minimum Gasteiger partial charge on any atom is -0.508 e. The van der Waals surface area contributed by atoms with Crippen LogP contribution < -0.4 is 4.74 Å². The molecule has 0 aliphatic carbocycles. The predicted molar refractivity (Wildman–Crippen MR) is 114 cm³/mol. The Morgan fingerprint density at radius 3 is 2.46 bits per heavy atom. The highest BCUT2D eigenvalue weighted by Crippen LogP contribution is 2.38. The molecule has 1 aliphatic heterocycles. The number of phenolic OH excluding ortho intramolecular Hbond substituents is 1. The number of phenols is 1.